The molecule has 7 nitrogen and oxygen atoms in total. The summed E-state index contributed by atoms with van der Waals surface area (Å²) in [6, 6.07) is 12.1. The second kappa shape index (κ2) is 12.9. The molecule has 3 rings (SSSR count). The van der Waals surface area contributed by atoms with Crippen molar-refractivity contribution >= 4 is 21.6 Å². The molecular formula is C27H39N3O4S. The van der Waals surface area contributed by atoms with E-state index in [1.54, 1.807) is 18.2 Å². The number of unbranched alkanes of at least 4 members (excludes halogenated alkanes) is 2. The first kappa shape index (κ1) is 27.0. The number of ether oxygens (including phenoxy) is 1. The van der Waals surface area contributed by atoms with Crippen LogP contribution in [-0.2, 0) is 10.0 Å². The number of para-hydroxylation sites is 1. The minimum atomic E-state index is -4.17. The Morgan fingerprint density at radius 2 is 1.69 bits per heavy atom. The van der Waals surface area contributed by atoms with Crippen molar-refractivity contribution in [1.29, 1.82) is 0 Å². The Bertz CT molecular complexity index is 1060. The van der Waals surface area contributed by atoms with Crippen LogP contribution < -0.4 is 20.1 Å². The van der Waals surface area contributed by atoms with Gasteiger partial charge in [-0.05, 0) is 55.9 Å². The summed E-state index contributed by atoms with van der Waals surface area (Å²) in [6.07, 6.45) is 8.43. The van der Waals surface area contributed by atoms with E-state index < -0.39 is 10.0 Å². The molecule has 2 aromatic carbocycles. The lowest BCUT2D eigenvalue weighted by atomic mass is 10.1. The molecule has 35 heavy (non-hydrogen) atoms. The molecule has 0 aromatic heterocycles. The van der Waals surface area contributed by atoms with Gasteiger partial charge in [0.15, 0.2) is 5.75 Å². The average molecular weight is 502 g/mol. The van der Waals surface area contributed by atoms with E-state index in [2.05, 4.69) is 24.1 Å². The molecule has 1 aliphatic carbocycles. The number of nitrogens with one attached hydrogen (secondary N) is 1. The van der Waals surface area contributed by atoms with Crippen LogP contribution in [0.2, 0.25) is 0 Å². The summed E-state index contributed by atoms with van der Waals surface area (Å²) in [4.78, 5) is 15.1. The fraction of sp³-hybridized carbons (Fsp3) is 0.519. The predicted octanol–water partition coefficient (Wildman–Crippen LogP) is 5.45. The van der Waals surface area contributed by atoms with Crippen molar-refractivity contribution in [1.82, 2.24) is 5.32 Å². The van der Waals surface area contributed by atoms with Gasteiger partial charge in [0.1, 0.15) is 10.6 Å². The zero-order valence-electron chi connectivity index (χ0n) is 21.0. The minimum absolute atomic E-state index is 0.165. The number of rotatable bonds is 13. The zero-order valence-corrected chi connectivity index (χ0v) is 21.8. The van der Waals surface area contributed by atoms with Gasteiger partial charge in [0.05, 0.1) is 5.69 Å². The Morgan fingerprint density at radius 1 is 1.06 bits per heavy atom. The standard InChI is InChI=1S/C27H39N3O4S/c1-3-5-16-30(17-6-4-2)24-18-22(27(31)29-20-21-12-10-11-13-21)19-25(35(28,32)33)26(24)34-23-14-8-7-9-15-23/h7-9,14-15,18-19,21H,3-6,10-13,16-17,20H2,1-2H3,(H,29,31)(H2,28,32,33). The van der Waals surface area contributed by atoms with Crippen LogP contribution in [0, 0.1) is 5.92 Å². The number of benzene rings is 2. The third kappa shape index (κ3) is 7.70. The highest BCUT2D eigenvalue weighted by Gasteiger charge is 2.26. The smallest absolute Gasteiger partial charge is 0.251 e. The Balaban J connectivity index is 2.08. The molecule has 8 heteroatoms. The van der Waals surface area contributed by atoms with Gasteiger partial charge in [-0.2, -0.15) is 0 Å². The van der Waals surface area contributed by atoms with Crippen molar-refractivity contribution in [3.8, 4) is 11.5 Å². The van der Waals surface area contributed by atoms with Crippen LogP contribution in [0.1, 0.15) is 75.6 Å². The first-order valence-electron chi connectivity index (χ1n) is 12.8. The van der Waals surface area contributed by atoms with E-state index >= 15 is 0 Å². The second-order valence-electron chi connectivity index (χ2n) is 9.34. The Hall–Kier alpha value is -2.58. The van der Waals surface area contributed by atoms with Gasteiger partial charge in [0, 0.05) is 25.2 Å². The Labute approximate surface area is 210 Å². The van der Waals surface area contributed by atoms with E-state index in [1.807, 2.05) is 18.2 Å². The average Bonchev–Trinajstić information content (AvgIpc) is 3.36. The quantitative estimate of drug-likeness (QED) is 0.380. The molecular weight excluding hydrogens is 462 g/mol. The number of hydrogen-bond donors (Lipinski definition) is 2. The number of anilines is 1. The highest BCUT2D eigenvalue weighted by molar-refractivity contribution is 7.89. The third-order valence-electron chi connectivity index (χ3n) is 6.50. The summed E-state index contributed by atoms with van der Waals surface area (Å²) >= 11 is 0. The topological polar surface area (TPSA) is 102 Å². The van der Waals surface area contributed by atoms with Gasteiger partial charge in [-0.3, -0.25) is 4.79 Å². The number of carbonyl (C=O) groups is 1. The van der Waals surface area contributed by atoms with Gasteiger partial charge >= 0.3 is 0 Å². The summed E-state index contributed by atoms with van der Waals surface area (Å²) in [7, 11) is -4.17. The molecule has 2 aromatic rings. The van der Waals surface area contributed by atoms with E-state index in [-0.39, 0.29) is 22.1 Å². The van der Waals surface area contributed by atoms with Crippen molar-refractivity contribution in [2.75, 3.05) is 24.5 Å². The SMILES string of the molecule is CCCCN(CCCC)c1cc(C(=O)NCC2CCCC2)cc(S(N)(=O)=O)c1Oc1ccccc1. The summed E-state index contributed by atoms with van der Waals surface area (Å²) in [5, 5.41) is 8.67. The largest absolute Gasteiger partial charge is 0.454 e. The molecule has 1 amide bonds. The lowest BCUT2D eigenvalue weighted by molar-refractivity contribution is 0.0947. The zero-order chi connectivity index (χ0) is 25.3. The molecule has 0 unspecified atom stereocenters. The van der Waals surface area contributed by atoms with Gasteiger partial charge < -0.3 is 15.0 Å². The molecule has 3 N–H and O–H groups in total. The molecule has 0 heterocycles. The lowest BCUT2D eigenvalue weighted by Gasteiger charge is -2.28. The highest BCUT2D eigenvalue weighted by Crippen LogP contribution is 2.39. The first-order chi connectivity index (χ1) is 16.8. The third-order valence-corrected chi connectivity index (χ3v) is 7.41. The fourth-order valence-corrected chi connectivity index (χ4v) is 5.17. The lowest BCUT2D eigenvalue weighted by Crippen LogP contribution is -2.30. The fourth-order valence-electron chi connectivity index (χ4n) is 4.48. The maximum Gasteiger partial charge on any atom is 0.251 e. The molecule has 192 valence electrons. The normalized spacial score (nSPS) is 14.1. The van der Waals surface area contributed by atoms with Crippen molar-refractivity contribution in [2.45, 2.75) is 70.1 Å². The van der Waals surface area contributed by atoms with Crippen LogP contribution >= 0.6 is 0 Å². The van der Waals surface area contributed by atoms with Crippen LogP contribution in [0.4, 0.5) is 5.69 Å². The second-order valence-corrected chi connectivity index (χ2v) is 10.9. The van der Waals surface area contributed by atoms with Crippen molar-refractivity contribution in [3.63, 3.8) is 0 Å². The number of nitrogens with two attached hydrogens (primary N) is 1. The van der Waals surface area contributed by atoms with E-state index in [9.17, 15) is 13.2 Å². The van der Waals surface area contributed by atoms with Crippen LogP contribution in [-0.4, -0.2) is 34.0 Å². The van der Waals surface area contributed by atoms with Crippen molar-refractivity contribution in [2.24, 2.45) is 11.1 Å². The van der Waals surface area contributed by atoms with Crippen molar-refractivity contribution in [3.05, 3.63) is 48.0 Å². The molecule has 1 saturated carbocycles. The van der Waals surface area contributed by atoms with E-state index in [0.717, 1.165) is 51.6 Å². The summed E-state index contributed by atoms with van der Waals surface area (Å²) in [6.45, 7) is 6.26. The van der Waals surface area contributed by atoms with E-state index in [4.69, 9.17) is 9.88 Å². The Morgan fingerprint density at radius 3 is 2.26 bits per heavy atom. The van der Waals surface area contributed by atoms with Gasteiger partial charge in [-0.15, -0.1) is 0 Å². The van der Waals surface area contributed by atoms with Crippen molar-refractivity contribution < 1.29 is 17.9 Å². The van der Waals surface area contributed by atoms with Gasteiger partial charge in [0.25, 0.3) is 5.91 Å². The van der Waals surface area contributed by atoms with Crippen LogP contribution in [0.5, 0.6) is 11.5 Å². The maximum atomic E-state index is 13.1. The highest BCUT2D eigenvalue weighted by atomic mass is 32.2. The number of sulfonamides is 1. The molecule has 0 aliphatic heterocycles. The first-order valence-corrected chi connectivity index (χ1v) is 14.3. The van der Waals surface area contributed by atoms with Gasteiger partial charge in [-0.1, -0.05) is 57.7 Å². The molecule has 1 fully saturated rings. The molecule has 1 aliphatic rings. The van der Waals surface area contributed by atoms with Gasteiger partial charge in [0.2, 0.25) is 10.0 Å². The molecule has 0 bridgehead atoms. The summed E-state index contributed by atoms with van der Waals surface area (Å²) < 4.78 is 31.6. The minimum Gasteiger partial charge on any atom is -0.454 e. The monoisotopic (exact) mass is 501 g/mol. The van der Waals surface area contributed by atoms with Crippen LogP contribution in [0.3, 0.4) is 0 Å². The Kier molecular flexibility index (Phi) is 9.98. The van der Waals surface area contributed by atoms with Gasteiger partial charge in [-0.25, -0.2) is 13.6 Å². The summed E-state index contributed by atoms with van der Waals surface area (Å²) in [5.74, 6) is 0.851. The number of carbonyl (C=O) groups excluding carboxylic acids is 1. The van der Waals surface area contributed by atoms with E-state index in [1.165, 1.54) is 18.9 Å². The number of amides is 1. The molecule has 0 atom stereocenters. The van der Waals surface area contributed by atoms with Crippen LogP contribution in [0.15, 0.2) is 47.4 Å². The van der Waals surface area contributed by atoms with E-state index in [0.29, 0.717) is 23.9 Å². The number of hydrogen-bond acceptors (Lipinski definition) is 5. The number of primary sulfonamides is 1. The summed E-state index contributed by atoms with van der Waals surface area (Å²) in [5.41, 5.74) is 0.855. The predicted molar refractivity (Wildman–Crippen MR) is 141 cm³/mol. The molecule has 0 saturated heterocycles. The molecule has 0 radical (unpaired) electrons. The van der Waals surface area contributed by atoms with Crippen LogP contribution in [0.25, 0.3) is 0 Å². The number of nitrogens with zero attached hydrogens (tertiary/aromatic N) is 1. The maximum absolute atomic E-state index is 13.1. The molecule has 0 spiro atoms.